The van der Waals surface area contributed by atoms with Crippen LogP contribution in [0.15, 0.2) is 41.0 Å². The molecule has 0 atom stereocenters. The van der Waals surface area contributed by atoms with Crippen LogP contribution in [0.25, 0.3) is 21.9 Å². The zero-order chi connectivity index (χ0) is 21.1. The Kier molecular flexibility index (Phi) is 5.67. The van der Waals surface area contributed by atoms with Crippen LogP contribution < -0.4 is 11.5 Å². The van der Waals surface area contributed by atoms with Crippen molar-refractivity contribution in [2.45, 2.75) is 32.2 Å². The largest absolute Gasteiger partial charge is 0.469 e. The van der Waals surface area contributed by atoms with Gasteiger partial charge in [-0.1, -0.05) is 18.2 Å². The number of hydrogen-bond donors (Lipinski definition) is 2. The molecule has 1 amide bonds. The summed E-state index contributed by atoms with van der Waals surface area (Å²) in [6.45, 7) is 1.33. The van der Waals surface area contributed by atoms with Crippen molar-refractivity contribution >= 4 is 33.7 Å². The number of anilines is 1. The van der Waals surface area contributed by atoms with Crippen molar-refractivity contribution in [2.24, 2.45) is 5.73 Å². The van der Waals surface area contributed by atoms with Gasteiger partial charge in [-0.2, -0.15) is 0 Å². The van der Waals surface area contributed by atoms with Gasteiger partial charge in [-0.05, 0) is 25.0 Å². The van der Waals surface area contributed by atoms with Gasteiger partial charge in [-0.15, -0.1) is 0 Å². The summed E-state index contributed by atoms with van der Waals surface area (Å²) in [5.74, 6) is 1.53. The lowest BCUT2D eigenvalue weighted by molar-refractivity contribution is 0.0998. The summed E-state index contributed by atoms with van der Waals surface area (Å²) < 4.78 is 12.9. The third-order valence-corrected chi connectivity index (χ3v) is 5.27. The molecule has 0 saturated heterocycles. The molecule has 156 valence electrons. The van der Waals surface area contributed by atoms with E-state index in [4.69, 9.17) is 25.6 Å². The maximum absolute atomic E-state index is 11.5. The van der Waals surface area contributed by atoms with Crippen molar-refractivity contribution in [3.05, 3.63) is 53.7 Å². The van der Waals surface area contributed by atoms with Gasteiger partial charge in [0, 0.05) is 31.9 Å². The van der Waals surface area contributed by atoms with Crippen LogP contribution in [0.2, 0.25) is 0 Å². The summed E-state index contributed by atoms with van der Waals surface area (Å²) in [7, 11) is 1.68. The zero-order valence-electron chi connectivity index (χ0n) is 16.9. The Morgan fingerprint density at radius 3 is 2.80 bits per heavy atom. The SMILES string of the molecule is COCCc1nc2c(N)nc3ccccc3c2n1CCCCc1occc1C(N)=O. The molecule has 3 aromatic heterocycles. The third-order valence-electron chi connectivity index (χ3n) is 5.27. The number of nitrogens with two attached hydrogens (primary N) is 2. The molecule has 4 N–H and O–H groups in total. The highest BCUT2D eigenvalue weighted by Crippen LogP contribution is 2.29. The summed E-state index contributed by atoms with van der Waals surface area (Å²) in [6.07, 6.45) is 4.55. The van der Waals surface area contributed by atoms with Crippen LogP contribution in [0, 0.1) is 0 Å². The number of amides is 1. The first-order valence-corrected chi connectivity index (χ1v) is 9.98. The summed E-state index contributed by atoms with van der Waals surface area (Å²) in [5, 5.41) is 1.03. The number of aromatic nitrogens is 3. The molecule has 4 aromatic rings. The lowest BCUT2D eigenvalue weighted by Gasteiger charge is -2.11. The molecule has 8 nitrogen and oxygen atoms in total. The minimum Gasteiger partial charge on any atom is -0.469 e. The van der Waals surface area contributed by atoms with Gasteiger partial charge in [-0.3, -0.25) is 4.79 Å². The van der Waals surface area contributed by atoms with Crippen LogP contribution in [0.1, 0.15) is 34.8 Å². The summed E-state index contributed by atoms with van der Waals surface area (Å²) in [5.41, 5.74) is 14.6. The normalized spacial score (nSPS) is 11.5. The van der Waals surface area contributed by atoms with E-state index in [1.807, 2.05) is 24.3 Å². The van der Waals surface area contributed by atoms with Crippen molar-refractivity contribution in [1.29, 1.82) is 0 Å². The highest BCUT2D eigenvalue weighted by Gasteiger charge is 2.17. The number of carbonyl (C=O) groups is 1. The van der Waals surface area contributed by atoms with Crippen molar-refractivity contribution in [3.63, 3.8) is 0 Å². The van der Waals surface area contributed by atoms with Gasteiger partial charge in [0.1, 0.15) is 17.1 Å². The lowest BCUT2D eigenvalue weighted by atomic mass is 10.1. The number of aryl methyl sites for hydroxylation is 2. The number of nitrogen functional groups attached to an aromatic ring is 1. The minimum absolute atomic E-state index is 0.433. The van der Waals surface area contributed by atoms with E-state index in [0.29, 0.717) is 36.6 Å². The minimum atomic E-state index is -0.462. The number of furan rings is 1. The van der Waals surface area contributed by atoms with Crippen LogP contribution in [0.3, 0.4) is 0 Å². The molecule has 1 aromatic carbocycles. The van der Waals surface area contributed by atoms with Gasteiger partial charge in [0.2, 0.25) is 0 Å². The lowest BCUT2D eigenvalue weighted by Crippen LogP contribution is -2.12. The summed E-state index contributed by atoms with van der Waals surface area (Å²) in [4.78, 5) is 20.8. The van der Waals surface area contributed by atoms with E-state index in [-0.39, 0.29) is 0 Å². The Morgan fingerprint density at radius 1 is 1.17 bits per heavy atom. The quantitative estimate of drug-likeness (QED) is 0.411. The van der Waals surface area contributed by atoms with E-state index in [0.717, 1.165) is 47.1 Å². The number of primary amides is 1. The highest BCUT2D eigenvalue weighted by molar-refractivity contribution is 6.06. The molecule has 8 heteroatoms. The topological polar surface area (TPSA) is 122 Å². The van der Waals surface area contributed by atoms with Gasteiger partial charge < -0.3 is 25.2 Å². The Labute approximate surface area is 173 Å². The maximum atomic E-state index is 11.5. The van der Waals surface area contributed by atoms with Crippen LogP contribution in [0.4, 0.5) is 5.82 Å². The van der Waals surface area contributed by atoms with Gasteiger partial charge in [0.25, 0.3) is 5.91 Å². The van der Waals surface area contributed by atoms with Crippen molar-refractivity contribution in [2.75, 3.05) is 19.5 Å². The number of ether oxygens (including phenoxy) is 1. The molecule has 0 saturated carbocycles. The molecule has 0 aliphatic heterocycles. The average Bonchev–Trinajstić information content (AvgIpc) is 3.35. The first kappa shape index (κ1) is 19.9. The number of unbranched alkanes of at least 4 members (excludes halogenated alkanes) is 1. The van der Waals surface area contributed by atoms with E-state index in [1.54, 1.807) is 13.2 Å². The fourth-order valence-electron chi connectivity index (χ4n) is 3.84. The average molecular weight is 407 g/mol. The molecular weight excluding hydrogens is 382 g/mol. The number of carbonyl (C=O) groups excluding carboxylic acids is 1. The Hall–Kier alpha value is -3.39. The highest BCUT2D eigenvalue weighted by atomic mass is 16.5. The number of benzene rings is 1. The number of fused-ring (bicyclic) bond motifs is 3. The molecule has 0 aliphatic rings. The predicted octanol–water partition coefficient (Wildman–Crippen LogP) is 3.07. The van der Waals surface area contributed by atoms with E-state index in [2.05, 4.69) is 9.55 Å². The molecule has 0 bridgehead atoms. The molecule has 0 spiro atoms. The Bertz CT molecular complexity index is 1190. The van der Waals surface area contributed by atoms with Crippen molar-refractivity contribution in [3.8, 4) is 0 Å². The first-order valence-electron chi connectivity index (χ1n) is 9.98. The number of rotatable bonds is 9. The zero-order valence-corrected chi connectivity index (χ0v) is 16.9. The van der Waals surface area contributed by atoms with E-state index in [9.17, 15) is 4.79 Å². The van der Waals surface area contributed by atoms with E-state index < -0.39 is 5.91 Å². The standard InChI is InChI=1S/C22H25N5O3/c1-29-12-10-18-26-19-20(14-6-2-3-7-16(14)25-21(19)23)27(18)11-5-4-8-17-15(22(24)28)9-13-30-17/h2-3,6-7,9,13H,4-5,8,10-12H2,1H3,(H2,23,25)(H2,24,28). The molecule has 3 heterocycles. The third kappa shape index (κ3) is 3.73. The first-order chi connectivity index (χ1) is 14.6. The molecule has 0 unspecified atom stereocenters. The van der Waals surface area contributed by atoms with Gasteiger partial charge in [0.15, 0.2) is 5.82 Å². The van der Waals surface area contributed by atoms with Gasteiger partial charge in [0.05, 0.1) is 29.5 Å². The Balaban J connectivity index is 1.62. The fourth-order valence-corrected chi connectivity index (χ4v) is 3.84. The molecule has 4 rings (SSSR count). The number of imidazole rings is 1. The maximum Gasteiger partial charge on any atom is 0.252 e. The molecule has 0 radical (unpaired) electrons. The monoisotopic (exact) mass is 407 g/mol. The van der Waals surface area contributed by atoms with E-state index >= 15 is 0 Å². The van der Waals surface area contributed by atoms with Crippen LogP contribution in [-0.4, -0.2) is 34.2 Å². The fraction of sp³-hybridized carbons (Fsp3) is 0.318. The second-order valence-corrected chi connectivity index (χ2v) is 7.21. The number of pyridine rings is 1. The van der Waals surface area contributed by atoms with E-state index in [1.165, 1.54) is 6.26 Å². The molecule has 0 aliphatic carbocycles. The van der Waals surface area contributed by atoms with Gasteiger partial charge in [-0.25, -0.2) is 9.97 Å². The second-order valence-electron chi connectivity index (χ2n) is 7.21. The van der Waals surface area contributed by atoms with Crippen LogP contribution >= 0.6 is 0 Å². The van der Waals surface area contributed by atoms with Crippen LogP contribution in [0.5, 0.6) is 0 Å². The number of hydrogen-bond acceptors (Lipinski definition) is 6. The number of para-hydroxylation sites is 1. The van der Waals surface area contributed by atoms with Crippen molar-refractivity contribution in [1.82, 2.24) is 14.5 Å². The smallest absolute Gasteiger partial charge is 0.252 e. The summed E-state index contributed by atoms with van der Waals surface area (Å²) >= 11 is 0. The molecule has 30 heavy (non-hydrogen) atoms. The molecule has 0 fully saturated rings. The number of nitrogens with zero attached hydrogens (tertiary/aromatic N) is 3. The van der Waals surface area contributed by atoms with Gasteiger partial charge >= 0.3 is 0 Å². The second kappa shape index (κ2) is 8.54. The number of methoxy groups -OCH3 is 1. The summed E-state index contributed by atoms with van der Waals surface area (Å²) in [6, 6.07) is 9.57. The van der Waals surface area contributed by atoms with Crippen LogP contribution in [-0.2, 0) is 24.1 Å². The van der Waals surface area contributed by atoms with Crippen molar-refractivity contribution < 1.29 is 13.9 Å². The molecular formula is C22H25N5O3. The Morgan fingerprint density at radius 2 is 2.00 bits per heavy atom. The predicted molar refractivity (Wildman–Crippen MR) is 115 cm³/mol.